The van der Waals surface area contributed by atoms with Crippen molar-refractivity contribution in [3.05, 3.63) is 60.1 Å². The van der Waals surface area contributed by atoms with Crippen molar-refractivity contribution in [3.63, 3.8) is 0 Å². The molecule has 2 aromatic carbocycles. The van der Waals surface area contributed by atoms with Gasteiger partial charge in [-0.3, -0.25) is 4.40 Å². The Hall–Kier alpha value is -3.35. The number of thioether (sulfide) groups is 1. The quantitative estimate of drug-likeness (QED) is 0.261. The first-order valence-electron chi connectivity index (χ1n) is 8.37. The van der Waals surface area contributed by atoms with Gasteiger partial charge >= 0.3 is 0 Å². The Bertz CT molecular complexity index is 1370. The van der Waals surface area contributed by atoms with E-state index in [0.29, 0.717) is 11.0 Å². The molecule has 0 spiro atoms. The Morgan fingerprint density at radius 1 is 1.18 bits per heavy atom. The Kier molecular flexibility index (Phi) is 4.00. The van der Waals surface area contributed by atoms with Crippen LogP contribution < -0.4 is 0 Å². The van der Waals surface area contributed by atoms with Crippen LogP contribution in [0.3, 0.4) is 0 Å². The standard InChI is InChI=1S/C19H12N6OS2/c20-9-11(17-21-12-5-1-2-6-13(12)22-17)15(26)10-27-18-23-24-19-25(18)14-7-3-4-8-16(14)28-19/h1-8,26H,10H2,(H,21,22)/b15-11+. The number of fused-ring (bicyclic) bond motifs is 4. The van der Waals surface area contributed by atoms with Crippen LogP contribution in [-0.4, -0.2) is 35.4 Å². The molecule has 3 heterocycles. The number of aromatic nitrogens is 5. The highest BCUT2D eigenvalue weighted by Gasteiger charge is 2.16. The average molecular weight is 404 g/mol. The third kappa shape index (κ3) is 2.70. The minimum atomic E-state index is -0.0529. The minimum Gasteiger partial charge on any atom is -0.510 e. The first-order valence-corrected chi connectivity index (χ1v) is 10.2. The number of H-pyrrole nitrogens is 1. The van der Waals surface area contributed by atoms with Crippen LogP contribution in [0.1, 0.15) is 5.82 Å². The third-order valence-electron chi connectivity index (χ3n) is 4.28. The molecule has 7 nitrogen and oxygen atoms in total. The van der Waals surface area contributed by atoms with E-state index >= 15 is 0 Å². The monoisotopic (exact) mass is 404 g/mol. The zero-order chi connectivity index (χ0) is 19.1. The smallest absolute Gasteiger partial charge is 0.217 e. The molecular weight excluding hydrogens is 392 g/mol. The lowest BCUT2D eigenvalue weighted by atomic mass is 10.2. The number of rotatable bonds is 4. The van der Waals surface area contributed by atoms with Crippen LogP contribution in [0.5, 0.6) is 0 Å². The van der Waals surface area contributed by atoms with Gasteiger partial charge in [-0.05, 0) is 24.3 Å². The van der Waals surface area contributed by atoms with Gasteiger partial charge in [0.05, 0.1) is 27.0 Å². The number of hydrogen-bond donors (Lipinski definition) is 2. The van der Waals surface area contributed by atoms with E-state index in [0.717, 1.165) is 26.2 Å². The van der Waals surface area contributed by atoms with Crippen LogP contribution in [0.2, 0.25) is 0 Å². The second kappa shape index (κ2) is 6.67. The Balaban J connectivity index is 1.48. The lowest BCUT2D eigenvalue weighted by molar-refractivity contribution is 0.420. The van der Waals surface area contributed by atoms with Crippen LogP contribution in [0.15, 0.2) is 59.4 Å². The van der Waals surface area contributed by atoms with Crippen molar-refractivity contribution < 1.29 is 5.11 Å². The van der Waals surface area contributed by atoms with E-state index in [4.69, 9.17) is 0 Å². The molecule has 5 rings (SSSR count). The van der Waals surface area contributed by atoms with Crippen LogP contribution >= 0.6 is 23.1 Å². The first kappa shape index (κ1) is 16.8. The maximum atomic E-state index is 10.5. The molecular formula is C19H12N6OS2. The molecule has 0 fully saturated rings. The maximum absolute atomic E-state index is 10.5. The second-order valence-electron chi connectivity index (χ2n) is 6.00. The van der Waals surface area contributed by atoms with Gasteiger partial charge in [-0.15, -0.1) is 10.2 Å². The van der Waals surface area contributed by atoms with Gasteiger partial charge in [-0.25, -0.2) is 4.98 Å². The summed E-state index contributed by atoms with van der Waals surface area (Å²) in [6.45, 7) is 0. The van der Waals surface area contributed by atoms with Crippen LogP contribution in [0.25, 0.3) is 31.8 Å². The summed E-state index contributed by atoms with van der Waals surface area (Å²) in [7, 11) is 0. The fourth-order valence-electron chi connectivity index (χ4n) is 2.98. The number of thiazole rings is 1. The van der Waals surface area contributed by atoms with E-state index in [1.54, 1.807) is 11.3 Å². The van der Waals surface area contributed by atoms with Gasteiger partial charge in [0.1, 0.15) is 17.4 Å². The Labute approximate surface area is 167 Å². The van der Waals surface area contributed by atoms with Crippen molar-refractivity contribution in [2.24, 2.45) is 0 Å². The number of nitriles is 1. The van der Waals surface area contributed by atoms with Gasteiger partial charge in [-0.2, -0.15) is 5.26 Å². The lowest BCUT2D eigenvalue weighted by Gasteiger charge is -2.02. The molecule has 0 atom stereocenters. The Morgan fingerprint density at radius 3 is 2.86 bits per heavy atom. The minimum absolute atomic E-state index is 0.0529. The second-order valence-corrected chi connectivity index (χ2v) is 7.95. The van der Waals surface area contributed by atoms with Crippen LogP contribution in [0.4, 0.5) is 0 Å². The van der Waals surface area contributed by atoms with Crippen molar-refractivity contribution in [1.82, 2.24) is 24.6 Å². The van der Waals surface area contributed by atoms with E-state index in [9.17, 15) is 10.4 Å². The number of aliphatic hydroxyl groups excluding tert-OH is 1. The fraction of sp³-hybridized carbons (Fsp3) is 0.0526. The fourth-order valence-corrected chi connectivity index (χ4v) is 4.82. The highest BCUT2D eigenvalue weighted by molar-refractivity contribution is 7.99. The molecule has 2 N–H and O–H groups in total. The molecule has 136 valence electrons. The number of aliphatic hydroxyl groups is 1. The number of aromatic amines is 1. The molecule has 0 bridgehead atoms. The SMILES string of the molecule is N#C/C(=C(\O)CSc1nnc2sc3ccccc3n12)c1nc2ccccc2[nH]1. The number of hydrogen-bond acceptors (Lipinski definition) is 7. The summed E-state index contributed by atoms with van der Waals surface area (Å²) in [4.78, 5) is 8.27. The van der Waals surface area contributed by atoms with Crippen LogP contribution in [-0.2, 0) is 0 Å². The van der Waals surface area contributed by atoms with Crippen molar-refractivity contribution in [3.8, 4) is 6.07 Å². The zero-order valence-electron chi connectivity index (χ0n) is 14.3. The summed E-state index contributed by atoms with van der Waals surface area (Å²) in [6.07, 6.45) is 0. The van der Waals surface area contributed by atoms with E-state index in [-0.39, 0.29) is 17.1 Å². The number of para-hydroxylation sites is 3. The predicted octanol–water partition coefficient (Wildman–Crippen LogP) is 4.41. The molecule has 28 heavy (non-hydrogen) atoms. The summed E-state index contributed by atoms with van der Waals surface area (Å²) in [5, 5.41) is 29.2. The predicted molar refractivity (Wildman–Crippen MR) is 110 cm³/mol. The number of nitrogens with zero attached hydrogens (tertiary/aromatic N) is 5. The number of allylic oxidation sites excluding steroid dienone is 1. The average Bonchev–Trinajstić information content (AvgIpc) is 3.40. The van der Waals surface area contributed by atoms with Gasteiger partial charge in [0, 0.05) is 0 Å². The molecule has 0 aliphatic carbocycles. The molecule has 0 amide bonds. The highest BCUT2D eigenvalue weighted by Crippen LogP contribution is 2.30. The molecule has 0 saturated heterocycles. The summed E-state index contributed by atoms with van der Waals surface area (Å²) in [5.41, 5.74) is 2.71. The summed E-state index contributed by atoms with van der Waals surface area (Å²) in [5.74, 6) is 0.488. The summed E-state index contributed by atoms with van der Waals surface area (Å²) >= 11 is 2.89. The van der Waals surface area contributed by atoms with E-state index in [1.165, 1.54) is 11.8 Å². The highest BCUT2D eigenvalue weighted by atomic mass is 32.2. The molecule has 0 radical (unpaired) electrons. The van der Waals surface area contributed by atoms with Gasteiger partial charge in [0.2, 0.25) is 4.96 Å². The van der Waals surface area contributed by atoms with Crippen molar-refractivity contribution in [1.29, 1.82) is 5.26 Å². The van der Waals surface area contributed by atoms with E-state index < -0.39 is 0 Å². The molecule has 9 heteroatoms. The Morgan fingerprint density at radius 2 is 2.00 bits per heavy atom. The normalized spacial score (nSPS) is 12.5. The third-order valence-corrected chi connectivity index (χ3v) is 6.23. The number of nitrogens with one attached hydrogen (secondary N) is 1. The van der Waals surface area contributed by atoms with Crippen molar-refractivity contribution >= 4 is 54.9 Å². The van der Waals surface area contributed by atoms with E-state index in [2.05, 4.69) is 26.2 Å². The number of imidazole rings is 1. The van der Waals surface area contributed by atoms with Gasteiger partial charge in [0.25, 0.3) is 0 Å². The van der Waals surface area contributed by atoms with Gasteiger partial charge in [0.15, 0.2) is 11.0 Å². The first-order chi connectivity index (χ1) is 13.7. The lowest BCUT2D eigenvalue weighted by Crippen LogP contribution is -1.96. The van der Waals surface area contributed by atoms with Gasteiger partial charge < -0.3 is 10.1 Å². The van der Waals surface area contributed by atoms with Gasteiger partial charge in [-0.1, -0.05) is 47.4 Å². The largest absolute Gasteiger partial charge is 0.510 e. The van der Waals surface area contributed by atoms with Crippen molar-refractivity contribution in [2.75, 3.05) is 5.75 Å². The zero-order valence-corrected chi connectivity index (χ0v) is 16.0. The number of benzene rings is 2. The molecule has 0 saturated carbocycles. The molecule has 0 aliphatic heterocycles. The van der Waals surface area contributed by atoms with E-state index in [1.807, 2.05) is 52.9 Å². The topological polar surface area (TPSA) is 103 Å². The molecule has 0 unspecified atom stereocenters. The maximum Gasteiger partial charge on any atom is 0.217 e. The summed E-state index contributed by atoms with van der Waals surface area (Å²) in [6, 6.07) is 17.5. The summed E-state index contributed by atoms with van der Waals surface area (Å²) < 4.78 is 3.08. The van der Waals surface area contributed by atoms with Crippen molar-refractivity contribution in [2.45, 2.75) is 5.16 Å². The molecule has 3 aromatic heterocycles. The molecule has 0 aliphatic rings. The van der Waals surface area contributed by atoms with Crippen LogP contribution in [0, 0.1) is 11.3 Å². The molecule has 5 aromatic rings.